The predicted molar refractivity (Wildman–Crippen MR) is 73.3 cm³/mol. The first-order valence-corrected chi connectivity index (χ1v) is 6.89. The van der Waals surface area contributed by atoms with Crippen molar-refractivity contribution in [1.82, 2.24) is 0 Å². The molecule has 0 aromatic carbocycles. The number of carbonyl (C=O) groups excluding carboxylic acids is 1. The van der Waals surface area contributed by atoms with Crippen LogP contribution in [0.15, 0.2) is 0 Å². The fraction of sp³-hybridized carbons (Fsp3) is 0.933. The highest BCUT2D eigenvalue weighted by atomic mass is 19.4. The van der Waals surface area contributed by atoms with Crippen molar-refractivity contribution in [2.24, 2.45) is 16.2 Å². The van der Waals surface area contributed by atoms with Crippen LogP contribution in [0.2, 0.25) is 0 Å². The van der Waals surface area contributed by atoms with E-state index in [1.54, 1.807) is 6.92 Å². The number of alkyl halides is 3. The van der Waals surface area contributed by atoms with Crippen molar-refractivity contribution in [1.29, 1.82) is 0 Å². The Hall–Kier alpha value is -0.740. The van der Waals surface area contributed by atoms with E-state index >= 15 is 0 Å². The molecule has 20 heavy (non-hydrogen) atoms. The van der Waals surface area contributed by atoms with Crippen LogP contribution in [0.5, 0.6) is 0 Å². The lowest BCUT2D eigenvalue weighted by Gasteiger charge is -2.45. The van der Waals surface area contributed by atoms with Crippen LogP contribution in [0.3, 0.4) is 0 Å². The van der Waals surface area contributed by atoms with Gasteiger partial charge in [-0.15, -0.1) is 0 Å². The first kappa shape index (κ1) is 19.3. The average Bonchev–Trinajstić information content (AvgIpc) is 2.22. The van der Waals surface area contributed by atoms with Crippen LogP contribution in [0.25, 0.3) is 0 Å². The maximum atomic E-state index is 12.3. The molecule has 0 heterocycles. The van der Waals surface area contributed by atoms with Crippen molar-refractivity contribution in [2.45, 2.75) is 67.5 Å². The summed E-state index contributed by atoms with van der Waals surface area (Å²) >= 11 is 0. The Kier molecular flexibility index (Phi) is 5.72. The third-order valence-corrected chi connectivity index (χ3v) is 4.08. The number of hydrogen-bond acceptors (Lipinski definition) is 2. The van der Waals surface area contributed by atoms with Crippen molar-refractivity contribution >= 4 is 5.97 Å². The zero-order valence-electron chi connectivity index (χ0n) is 13.6. The van der Waals surface area contributed by atoms with E-state index in [0.29, 0.717) is 12.8 Å². The topological polar surface area (TPSA) is 26.3 Å². The second-order valence-electron chi connectivity index (χ2n) is 7.50. The molecule has 0 aliphatic heterocycles. The Morgan fingerprint density at radius 1 is 1.00 bits per heavy atom. The molecule has 1 atom stereocenters. The molecule has 2 nitrogen and oxygen atoms in total. The van der Waals surface area contributed by atoms with Crippen molar-refractivity contribution in [2.75, 3.05) is 6.61 Å². The van der Waals surface area contributed by atoms with Gasteiger partial charge in [-0.2, -0.15) is 13.2 Å². The van der Waals surface area contributed by atoms with E-state index in [2.05, 4.69) is 4.74 Å². The van der Waals surface area contributed by atoms with Crippen molar-refractivity contribution in [3.8, 4) is 0 Å². The molecule has 0 saturated carbocycles. The van der Waals surface area contributed by atoms with Gasteiger partial charge in [0.1, 0.15) is 0 Å². The lowest BCUT2D eigenvalue weighted by atomic mass is 9.59. The van der Waals surface area contributed by atoms with Gasteiger partial charge in [0.15, 0.2) is 6.61 Å². The van der Waals surface area contributed by atoms with Gasteiger partial charge in [0.25, 0.3) is 0 Å². The third-order valence-electron chi connectivity index (χ3n) is 4.08. The summed E-state index contributed by atoms with van der Waals surface area (Å²) in [6.07, 6.45) is -3.34. The molecule has 0 fully saturated rings. The molecular formula is C15H27F3O2. The highest BCUT2D eigenvalue weighted by Gasteiger charge is 2.50. The Labute approximate surface area is 120 Å². The molecule has 0 aliphatic carbocycles. The summed E-state index contributed by atoms with van der Waals surface area (Å²) in [5.74, 6) is -0.767. The number of rotatable bonds is 5. The fourth-order valence-electron chi connectivity index (χ4n) is 2.35. The molecular weight excluding hydrogens is 269 g/mol. The van der Waals surface area contributed by atoms with Crippen LogP contribution in [-0.4, -0.2) is 18.8 Å². The van der Waals surface area contributed by atoms with Gasteiger partial charge in [0, 0.05) is 0 Å². The molecule has 0 radical (unpaired) electrons. The first-order valence-electron chi connectivity index (χ1n) is 6.89. The van der Waals surface area contributed by atoms with Gasteiger partial charge in [-0.05, 0) is 30.6 Å². The largest absolute Gasteiger partial charge is 0.456 e. The van der Waals surface area contributed by atoms with Crippen molar-refractivity contribution in [3.63, 3.8) is 0 Å². The molecule has 1 unspecified atom stereocenters. The van der Waals surface area contributed by atoms with E-state index < -0.39 is 29.6 Å². The van der Waals surface area contributed by atoms with Gasteiger partial charge < -0.3 is 4.74 Å². The quantitative estimate of drug-likeness (QED) is 0.669. The molecule has 0 saturated heterocycles. The summed E-state index contributed by atoms with van der Waals surface area (Å²) in [4.78, 5) is 12.3. The lowest BCUT2D eigenvalue weighted by Crippen LogP contribution is -2.46. The molecule has 0 aliphatic rings. The van der Waals surface area contributed by atoms with Crippen LogP contribution in [-0.2, 0) is 9.53 Å². The maximum absolute atomic E-state index is 12.3. The Balaban J connectivity index is 5.28. The van der Waals surface area contributed by atoms with Crippen LogP contribution in [0, 0.1) is 16.2 Å². The van der Waals surface area contributed by atoms with Crippen molar-refractivity contribution in [3.05, 3.63) is 0 Å². The molecule has 5 heteroatoms. The summed E-state index contributed by atoms with van der Waals surface area (Å²) in [5, 5.41) is 0. The standard InChI is InChI=1S/C15H27F3O2/c1-8-13(5,6)14(7,9-12(2,3)4)11(19)20-10-15(16,17)18/h8-10H2,1-7H3. The molecule has 0 bridgehead atoms. The van der Waals surface area contributed by atoms with Gasteiger partial charge >= 0.3 is 12.1 Å². The second-order valence-corrected chi connectivity index (χ2v) is 7.50. The first-order chi connectivity index (χ1) is 8.65. The number of carbonyl (C=O) groups is 1. The molecule has 0 aromatic rings. The zero-order chi connectivity index (χ0) is 16.4. The van der Waals surface area contributed by atoms with Gasteiger partial charge in [0.05, 0.1) is 5.41 Å². The fourth-order valence-corrected chi connectivity index (χ4v) is 2.35. The van der Waals surface area contributed by atoms with Gasteiger partial charge in [-0.1, -0.05) is 41.5 Å². The number of ether oxygens (including phenoxy) is 1. The Morgan fingerprint density at radius 2 is 1.45 bits per heavy atom. The molecule has 120 valence electrons. The van der Waals surface area contributed by atoms with E-state index in [1.807, 2.05) is 41.5 Å². The average molecular weight is 296 g/mol. The molecule has 0 rings (SSSR count). The molecule has 0 amide bonds. The van der Waals surface area contributed by atoms with Gasteiger partial charge in [-0.3, -0.25) is 4.79 Å². The minimum absolute atomic E-state index is 0.182. The van der Waals surface area contributed by atoms with Gasteiger partial charge in [-0.25, -0.2) is 0 Å². The van der Waals surface area contributed by atoms with E-state index in [-0.39, 0.29) is 5.41 Å². The summed E-state index contributed by atoms with van der Waals surface area (Å²) in [6.45, 7) is 11.8. The predicted octanol–water partition coefficient (Wildman–Crippen LogP) is 4.97. The molecule has 0 spiro atoms. The SMILES string of the molecule is CCC(C)(C)C(C)(CC(C)(C)C)C(=O)OCC(F)(F)F. The lowest BCUT2D eigenvalue weighted by molar-refractivity contribution is -0.199. The minimum atomic E-state index is -4.49. The highest BCUT2D eigenvalue weighted by Crippen LogP contribution is 2.49. The van der Waals surface area contributed by atoms with Crippen LogP contribution in [0.4, 0.5) is 13.2 Å². The summed E-state index contributed by atoms with van der Waals surface area (Å²) < 4.78 is 41.3. The Bertz CT molecular complexity index is 340. The van der Waals surface area contributed by atoms with Crippen LogP contribution < -0.4 is 0 Å². The summed E-state index contributed by atoms with van der Waals surface area (Å²) in [5.41, 5.74) is -1.58. The number of hydrogen-bond donors (Lipinski definition) is 0. The minimum Gasteiger partial charge on any atom is -0.456 e. The second kappa shape index (κ2) is 5.94. The molecule has 0 N–H and O–H groups in total. The monoisotopic (exact) mass is 296 g/mol. The zero-order valence-corrected chi connectivity index (χ0v) is 13.6. The Morgan fingerprint density at radius 3 is 1.75 bits per heavy atom. The maximum Gasteiger partial charge on any atom is 0.422 e. The van der Waals surface area contributed by atoms with Crippen LogP contribution >= 0.6 is 0 Å². The van der Waals surface area contributed by atoms with E-state index in [1.165, 1.54) is 0 Å². The summed E-state index contributed by atoms with van der Waals surface area (Å²) in [7, 11) is 0. The van der Waals surface area contributed by atoms with Gasteiger partial charge in [0.2, 0.25) is 0 Å². The third kappa shape index (κ3) is 5.33. The molecule has 0 aromatic heterocycles. The number of esters is 1. The van der Waals surface area contributed by atoms with Crippen molar-refractivity contribution < 1.29 is 22.7 Å². The normalized spacial score (nSPS) is 16.7. The van der Waals surface area contributed by atoms with E-state index in [4.69, 9.17) is 0 Å². The van der Waals surface area contributed by atoms with Crippen LogP contribution in [0.1, 0.15) is 61.3 Å². The van der Waals surface area contributed by atoms with E-state index in [9.17, 15) is 18.0 Å². The number of halogens is 3. The summed E-state index contributed by atoms with van der Waals surface area (Å²) in [6, 6.07) is 0. The highest BCUT2D eigenvalue weighted by molar-refractivity contribution is 5.77. The smallest absolute Gasteiger partial charge is 0.422 e. The van der Waals surface area contributed by atoms with E-state index in [0.717, 1.165) is 0 Å².